The van der Waals surface area contributed by atoms with E-state index < -0.39 is 0 Å². The van der Waals surface area contributed by atoms with Crippen LogP contribution in [0.15, 0.2) is 58.9 Å². The SMILES string of the molecule is CCOC(=O)c1ccc(N=c2scc(-c3ccc(OC)cc3)n2CC(C)CC)cc1. The monoisotopic (exact) mass is 424 g/mol. The van der Waals surface area contributed by atoms with Crippen LogP contribution in [0.5, 0.6) is 5.75 Å². The maximum absolute atomic E-state index is 11.9. The van der Waals surface area contributed by atoms with Crippen molar-refractivity contribution in [1.82, 2.24) is 4.57 Å². The van der Waals surface area contributed by atoms with Crippen molar-refractivity contribution >= 4 is 23.0 Å². The number of hydrogen-bond acceptors (Lipinski definition) is 5. The zero-order valence-corrected chi connectivity index (χ0v) is 18.7. The average Bonchev–Trinajstić information content (AvgIpc) is 3.16. The molecule has 1 aromatic heterocycles. The Balaban J connectivity index is 1.99. The van der Waals surface area contributed by atoms with Crippen molar-refractivity contribution < 1.29 is 14.3 Å². The van der Waals surface area contributed by atoms with Gasteiger partial charge in [-0.2, -0.15) is 0 Å². The number of hydrogen-bond donors (Lipinski definition) is 0. The zero-order chi connectivity index (χ0) is 21.5. The second-order valence-electron chi connectivity index (χ2n) is 7.14. The fourth-order valence-electron chi connectivity index (χ4n) is 3.03. The van der Waals surface area contributed by atoms with Crippen LogP contribution in [-0.2, 0) is 11.3 Å². The van der Waals surface area contributed by atoms with Crippen LogP contribution in [0, 0.1) is 5.92 Å². The van der Waals surface area contributed by atoms with Gasteiger partial charge in [0.15, 0.2) is 4.80 Å². The smallest absolute Gasteiger partial charge is 0.338 e. The first-order valence-corrected chi connectivity index (χ1v) is 11.1. The number of carbonyl (C=O) groups excluding carboxylic acids is 1. The Morgan fingerprint density at radius 1 is 1.10 bits per heavy atom. The predicted molar refractivity (Wildman–Crippen MR) is 121 cm³/mol. The number of nitrogens with zero attached hydrogens (tertiary/aromatic N) is 2. The van der Waals surface area contributed by atoms with Crippen LogP contribution in [0.1, 0.15) is 37.6 Å². The molecule has 1 atom stereocenters. The van der Waals surface area contributed by atoms with Crippen molar-refractivity contribution in [1.29, 1.82) is 0 Å². The Kier molecular flexibility index (Phi) is 7.46. The third-order valence-electron chi connectivity index (χ3n) is 4.98. The molecule has 0 saturated carbocycles. The third-order valence-corrected chi connectivity index (χ3v) is 5.84. The summed E-state index contributed by atoms with van der Waals surface area (Å²) in [5, 5.41) is 2.15. The molecule has 0 fully saturated rings. The molecule has 1 unspecified atom stereocenters. The van der Waals surface area contributed by atoms with Gasteiger partial charge in [0.05, 0.1) is 30.7 Å². The summed E-state index contributed by atoms with van der Waals surface area (Å²) in [6.07, 6.45) is 1.10. The Bertz CT molecular complexity index is 1030. The fourth-order valence-corrected chi connectivity index (χ4v) is 3.96. The van der Waals surface area contributed by atoms with Gasteiger partial charge < -0.3 is 14.0 Å². The van der Waals surface area contributed by atoms with E-state index in [1.54, 1.807) is 37.5 Å². The summed E-state index contributed by atoms with van der Waals surface area (Å²) in [4.78, 5) is 17.7. The fraction of sp³-hybridized carbons (Fsp3) is 0.333. The van der Waals surface area contributed by atoms with Gasteiger partial charge in [-0.15, -0.1) is 11.3 Å². The molecule has 0 spiro atoms. The molecule has 30 heavy (non-hydrogen) atoms. The van der Waals surface area contributed by atoms with E-state index in [2.05, 4.69) is 35.9 Å². The largest absolute Gasteiger partial charge is 0.497 e. The standard InChI is InChI=1S/C24H28N2O3S/c1-5-17(3)15-26-22(18-9-13-21(28-4)14-10-18)16-30-24(26)25-20-11-7-19(8-12-20)23(27)29-6-2/h7-14,16-17H,5-6,15H2,1-4H3. The molecule has 0 N–H and O–H groups in total. The molecular formula is C24H28N2O3S. The quantitative estimate of drug-likeness (QED) is 0.437. The van der Waals surface area contributed by atoms with E-state index in [0.717, 1.165) is 40.5 Å². The molecule has 158 valence electrons. The highest BCUT2D eigenvalue weighted by molar-refractivity contribution is 7.07. The van der Waals surface area contributed by atoms with Crippen LogP contribution in [0.25, 0.3) is 11.3 Å². The van der Waals surface area contributed by atoms with Gasteiger partial charge in [-0.25, -0.2) is 9.79 Å². The van der Waals surface area contributed by atoms with Crippen molar-refractivity contribution in [3.8, 4) is 17.0 Å². The molecule has 3 aromatic rings. The van der Waals surface area contributed by atoms with Gasteiger partial charge in [0.1, 0.15) is 5.75 Å². The third kappa shape index (κ3) is 5.19. The van der Waals surface area contributed by atoms with Crippen LogP contribution >= 0.6 is 11.3 Å². The summed E-state index contributed by atoms with van der Waals surface area (Å²) in [5.74, 6) is 1.06. The van der Waals surface area contributed by atoms with Crippen molar-refractivity contribution in [2.24, 2.45) is 10.9 Å². The minimum atomic E-state index is -0.311. The summed E-state index contributed by atoms with van der Waals surface area (Å²) in [6, 6.07) is 15.3. The molecule has 0 radical (unpaired) electrons. The normalized spacial score (nSPS) is 12.6. The number of ether oxygens (including phenoxy) is 2. The van der Waals surface area contributed by atoms with E-state index in [0.29, 0.717) is 18.1 Å². The summed E-state index contributed by atoms with van der Waals surface area (Å²) in [7, 11) is 1.67. The minimum Gasteiger partial charge on any atom is -0.497 e. The first kappa shape index (κ1) is 21.8. The summed E-state index contributed by atoms with van der Waals surface area (Å²) >= 11 is 1.62. The lowest BCUT2D eigenvalue weighted by Crippen LogP contribution is -2.19. The van der Waals surface area contributed by atoms with Gasteiger partial charge in [-0.3, -0.25) is 0 Å². The van der Waals surface area contributed by atoms with Gasteiger partial charge >= 0.3 is 5.97 Å². The molecule has 0 amide bonds. The van der Waals surface area contributed by atoms with Gasteiger partial charge in [0.2, 0.25) is 0 Å². The highest BCUT2D eigenvalue weighted by Gasteiger charge is 2.12. The van der Waals surface area contributed by atoms with Crippen molar-refractivity contribution in [2.45, 2.75) is 33.7 Å². The van der Waals surface area contributed by atoms with Gasteiger partial charge in [0.25, 0.3) is 0 Å². The van der Waals surface area contributed by atoms with E-state index in [1.165, 1.54) is 0 Å². The number of esters is 1. The molecular weight excluding hydrogens is 396 g/mol. The Hall–Kier alpha value is -2.86. The second-order valence-corrected chi connectivity index (χ2v) is 7.97. The van der Waals surface area contributed by atoms with Crippen molar-refractivity contribution in [2.75, 3.05) is 13.7 Å². The zero-order valence-electron chi connectivity index (χ0n) is 17.9. The maximum Gasteiger partial charge on any atom is 0.338 e. The maximum atomic E-state index is 11.9. The lowest BCUT2D eigenvalue weighted by atomic mass is 10.1. The molecule has 2 aromatic carbocycles. The number of rotatable bonds is 8. The first-order valence-electron chi connectivity index (χ1n) is 10.2. The Morgan fingerprint density at radius 3 is 2.40 bits per heavy atom. The van der Waals surface area contributed by atoms with E-state index in [1.807, 2.05) is 24.3 Å². The van der Waals surface area contributed by atoms with E-state index in [-0.39, 0.29) is 5.97 Å². The topological polar surface area (TPSA) is 52.8 Å². The molecule has 3 rings (SSSR count). The van der Waals surface area contributed by atoms with E-state index in [4.69, 9.17) is 14.5 Å². The first-order chi connectivity index (χ1) is 14.5. The number of benzene rings is 2. The average molecular weight is 425 g/mol. The van der Waals surface area contributed by atoms with Crippen LogP contribution in [-0.4, -0.2) is 24.3 Å². The second kappa shape index (κ2) is 10.3. The Labute approximate surface area is 181 Å². The molecule has 0 aliphatic carbocycles. The summed E-state index contributed by atoms with van der Waals surface area (Å²) < 4.78 is 12.6. The van der Waals surface area contributed by atoms with E-state index >= 15 is 0 Å². The lowest BCUT2D eigenvalue weighted by molar-refractivity contribution is 0.0526. The molecule has 0 aliphatic heterocycles. The number of aromatic nitrogens is 1. The van der Waals surface area contributed by atoms with Crippen LogP contribution in [0.4, 0.5) is 5.69 Å². The highest BCUT2D eigenvalue weighted by Crippen LogP contribution is 2.25. The highest BCUT2D eigenvalue weighted by atomic mass is 32.1. The summed E-state index contributed by atoms with van der Waals surface area (Å²) in [5.41, 5.74) is 3.62. The van der Waals surface area contributed by atoms with Crippen molar-refractivity contribution in [3.63, 3.8) is 0 Å². The molecule has 6 heteroatoms. The van der Waals surface area contributed by atoms with Crippen LogP contribution in [0.2, 0.25) is 0 Å². The minimum absolute atomic E-state index is 0.311. The number of methoxy groups -OCH3 is 1. The van der Waals surface area contributed by atoms with Gasteiger partial charge in [-0.1, -0.05) is 20.3 Å². The van der Waals surface area contributed by atoms with E-state index in [9.17, 15) is 4.79 Å². The molecule has 1 heterocycles. The molecule has 0 aliphatic rings. The predicted octanol–water partition coefficient (Wildman–Crippen LogP) is 5.68. The lowest BCUT2D eigenvalue weighted by Gasteiger charge is -2.14. The Morgan fingerprint density at radius 2 is 1.80 bits per heavy atom. The molecule has 0 saturated heterocycles. The van der Waals surface area contributed by atoms with Gasteiger partial charge in [0, 0.05) is 11.9 Å². The number of thiazole rings is 1. The van der Waals surface area contributed by atoms with Crippen molar-refractivity contribution in [3.05, 3.63) is 64.3 Å². The number of carbonyl (C=O) groups is 1. The van der Waals surface area contributed by atoms with Gasteiger partial charge in [-0.05, 0) is 66.9 Å². The van der Waals surface area contributed by atoms with Crippen LogP contribution < -0.4 is 9.54 Å². The molecule has 0 bridgehead atoms. The van der Waals surface area contributed by atoms with Crippen LogP contribution in [0.3, 0.4) is 0 Å². The molecule has 5 nitrogen and oxygen atoms in total. The summed E-state index contributed by atoms with van der Waals surface area (Å²) in [6.45, 7) is 7.51.